The van der Waals surface area contributed by atoms with Gasteiger partial charge in [0.1, 0.15) is 11.6 Å². The van der Waals surface area contributed by atoms with Crippen molar-refractivity contribution in [3.63, 3.8) is 0 Å². The highest BCUT2D eigenvalue weighted by molar-refractivity contribution is 7.17. The van der Waals surface area contributed by atoms with Crippen LogP contribution in [-0.2, 0) is 47.3 Å². The van der Waals surface area contributed by atoms with Gasteiger partial charge in [-0.3, -0.25) is 19.2 Å². The number of hydroxylamine groups is 1. The van der Waals surface area contributed by atoms with Crippen molar-refractivity contribution < 1.29 is 33.5 Å². The van der Waals surface area contributed by atoms with E-state index in [1.54, 1.807) is 16.2 Å². The first-order chi connectivity index (χ1) is 32.2. The molecule has 1 heterocycles. The fourth-order valence-electron chi connectivity index (χ4n) is 8.25. The van der Waals surface area contributed by atoms with Crippen LogP contribution in [0.1, 0.15) is 55.0 Å². The highest BCUT2D eigenvalue weighted by Gasteiger charge is 2.40. The zero-order valence-electron chi connectivity index (χ0n) is 37.3. The van der Waals surface area contributed by atoms with E-state index < -0.39 is 60.7 Å². The Bertz CT molecular complexity index is 2590. The number of hydrogen-bond acceptors (Lipinski definition) is 8. The standard InChI is InChI=1S/C53H55N5O7S/c1-4-63-51(64-5-2)37(3)58(34-40-36-66-47-31-18-17-30-45(40)47)50(61)46(55-49(60)35-65-57-52(62)54-33-39-22-19-21-38-20-15-16-29-44(38)39)32-48(59)56-53(41-23-9-6-10-24-41,42-25-11-7-12-26-42)43-27-13-8-14-28-43/h6-31,36-37,46,51H,4-5,32-35H2,1-3H3,(H,55,60)(H,56,59)(H2,54,57,62). The monoisotopic (exact) mass is 905 g/mol. The number of urea groups is 1. The molecule has 2 unspecified atom stereocenters. The number of ether oxygens (including phenoxy) is 2. The summed E-state index contributed by atoms with van der Waals surface area (Å²) >= 11 is 1.56. The van der Waals surface area contributed by atoms with E-state index in [-0.39, 0.29) is 13.1 Å². The van der Waals surface area contributed by atoms with E-state index >= 15 is 4.79 Å². The molecule has 2 atom stereocenters. The molecule has 7 rings (SSSR count). The molecule has 0 fully saturated rings. The number of rotatable bonds is 21. The zero-order chi connectivity index (χ0) is 46.3. The smallest absolute Gasteiger partial charge is 0.338 e. The van der Waals surface area contributed by atoms with Crippen molar-refractivity contribution >= 4 is 55.9 Å². The summed E-state index contributed by atoms with van der Waals surface area (Å²) in [4.78, 5) is 63.9. The maximum Gasteiger partial charge on any atom is 0.338 e. The number of fused-ring (bicyclic) bond motifs is 2. The van der Waals surface area contributed by atoms with Crippen molar-refractivity contribution in [2.45, 2.75) is 64.2 Å². The van der Waals surface area contributed by atoms with E-state index in [0.29, 0.717) is 13.2 Å². The molecule has 0 aliphatic rings. The summed E-state index contributed by atoms with van der Waals surface area (Å²) in [7, 11) is 0. The Morgan fingerprint density at radius 3 is 1.83 bits per heavy atom. The lowest BCUT2D eigenvalue weighted by atomic mass is 9.77. The number of carbonyl (C=O) groups is 4. The first-order valence-electron chi connectivity index (χ1n) is 22.1. The van der Waals surface area contributed by atoms with Crippen molar-refractivity contribution in [2.24, 2.45) is 0 Å². The molecular formula is C53H55N5O7S. The minimum Gasteiger partial charge on any atom is -0.351 e. The van der Waals surface area contributed by atoms with Gasteiger partial charge in [-0.05, 0) is 76.2 Å². The van der Waals surface area contributed by atoms with Crippen LogP contribution in [0.25, 0.3) is 20.9 Å². The molecule has 340 valence electrons. The molecule has 0 aliphatic carbocycles. The second kappa shape index (κ2) is 22.8. The number of amides is 5. The van der Waals surface area contributed by atoms with Gasteiger partial charge in [-0.1, -0.05) is 152 Å². The fourth-order valence-corrected chi connectivity index (χ4v) is 9.21. The lowest BCUT2D eigenvalue weighted by Crippen LogP contribution is -2.57. The molecule has 13 heteroatoms. The van der Waals surface area contributed by atoms with Crippen LogP contribution in [0.4, 0.5) is 4.79 Å². The van der Waals surface area contributed by atoms with Gasteiger partial charge in [-0.15, -0.1) is 11.3 Å². The van der Waals surface area contributed by atoms with Crippen molar-refractivity contribution in [1.29, 1.82) is 0 Å². The third-order valence-electron chi connectivity index (χ3n) is 11.4. The first-order valence-corrected chi connectivity index (χ1v) is 23.0. The summed E-state index contributed by atoms with van der Waals surface area (Å²) in [6.07, 6.45) is -1.28. The van der Waals surface area contributed by atoms with Gasteiger partial charge in [-0.2, -0.15) is 0 Å². The summed E-state index contributed by atoms with van der Waals surface area (Å²) in [6.45, 7) is 5.86. The maximum atomic E-state index is 15.3. The van der Waals surface area contributed by atoms with Crippen LogP contribution in [0.2, 0.25) is 0 Å². The predicted octanol–water partition coefficient (Wildman–Crippen LogP) is 8.58. The third kappa shape index (κ3) is 11.3. The van der Waals surface area contributed by atoms with E-state index in [9.17, 15) is 14.4 Å². The molecule has 0 radical (unpaired) electrons. The molecule has 12 nitrogen and oxygen atoms in total. The number of carbonyl (C=O) groups excluding carboxylic acids is 4. The average Bonchev–Trinajstić information content (AvgIpc) is 3.77. The van der Waals surface area contributed by atoms with Crippen LogP contribution in [0, 0.1) is 0 Å². The molecule has 0 aliphatic heterocycles. The number of nitrogens with zero attached hydrogens (tertiary/aromatic N) is 1. The lowest BCUT2D eigenvalue weighted by molar-refractivity contribution is -0.180. The Kier molecular flexibility index (Phi) is 16.3. The van der Waals surface area contributed by atoms with E-state index in [4.69, 9.17) is 14.3 Å². The highest BCUT2D eigenvalue weighted by atomic mass is 32.1. The highest BCUT2D eigenvalue weighted by Crippen LogP contribution is 2.37. The first kappa shape index (κ1) is 47.1. The lowest BCUT2D eigenvalue weighted by Gasteiger charge is -2.38. The van der Waals surface area contributed by atoms with Crippen molar-refractivity contribution in [3.8, 4) is 0 Å². The molecule has 0 saturated carbocycles. The van der Waals surface area contributed by atoms with Crippen LogP contribution in [0.5, 0.6) is 0 Å². The van der Waals surface area contributed by atoms with Gasteiger partial charge in [0.15, 0.2) is 12.9 Å². The van der Waals surface area contributed by atoms with Crippen molar-refractivity contribution in [1.82, 2.24) is 26.3 Å². The quantitative estimate of drug-likeness (QED) is 0.0321. The maximum absolute atomic E-state index is 15.3. The average molecular weight is 906 g/mol. The molecule has 5 amide bonds. The van der Waals surface area contributed by atoms with Gasteiger partial charge in [0.05, 0.1) is 12.5 Å². The van der Waals surface area contributed by atoms with E-state index in [0.717, 1.165) is 48.7 Å². The van der Waals surface area contributed by atoms with Crippen molar-refractivity contribution in [2.75, 3.05) is 19.8 Å². The van der Waals surface area contributed by atoms with Gasteiger partial charge in [0, 0.05) is 31.0 Å². The predicted molar refractivity (Wildman–Crippen MR) is 258 cm³/mol. The number of nitrogens with one attached hydrogen (secondary N) is 4. The molecule has 0 bridgehead atoms. The summed E-state index contributed by atoms with van der Waals surface area (Å²) in [5, 5.41) is 13.9. The van der Waals surface area contributed by atoms with Crippen LogP contribution >= 0.6 is 11.3 Å². The number of hydrogen-bond donors (Lipinski definition) is 4. The fraction of sp³-hybridized carbons (Fsp3) is 0.245. The molecule has 0 saturated heterocycles. The second-order valence-electron chi connectivity index (χ2n) is 15.7. The largest absolute Gasteiger partial charge is 0.351 e. The van der Waals surface area contributed by atoms with Gasteiger partial charge in [0.2, 0.25) is 17.7 Å². The molecule has 66 heavy (non-hydrogen) atoms. The molecule has 0 spiro atoms. The summed E-state index contributed by atoms with van der Waals surface area (Å²) < 4.78 is 13.1. The molecule has 7 aromatic rings. The summed E-state index contributed by atoms with van der Waals surface area (Å²) in [5.41, 5.74) is 5.24. The third-order valence-corrected chi connectivity index (χ3v) is 12.4. The molecule has 1 aromatic heterocycles. The normalized spacial score (nSPS) is 12.4. The van der Waals surface area contributed by atoms with E-state index in [2.05, 4.69) is 21.4 Å². The van der Waals surface area contributed by atoms with Gasteiger partial charge < -0.3 is 30.3 Å². The Morgan fingerprint density at radius 1 is 0.652 bits per heavy atom. The van der Waals surface area contributed by atoms with Crippen LogP contribution < -0.4 is 21.4 Å². The minimum absolute atomic E-state index is 0.131. The zero-order valence-corrected chi connectivity index (χ0v) is 38.1. The second-order valence-corrected chi connectivity index (χ2v) is 16.6. The Labute approximate surface area is 389 Å². The van der Waals surface area contributed by atoms with Crippen LogP contribution in [-0.4, -0.2) is 66.8 Å². The SMILES string of the molecule is CCOC(OCC)C(C)N(Cc1csc2ccccc12)C(=O)C(CC(=O)NC(c1ccccc1)(c1ccccc1)c1ccccc1)NC(=O)CONC(=O)NCc1cccc2ccccc12. The minimum atomic E-state index is -1.41. The van der Waals surface area contributed by atoms with E-state index in [1.165, 1.54) is 0 Å². The molecule has 4 N–H and O–H groups in total. The molecule has 6 aromatic carbocycles. The Morgan fingerprint density at radius 2 is 1.21 bits per heavy atom. The van der Waals surface area contributed by atoms with Crippen molar-refractivity contribution in [3.05, 3.63) is 191 Å². The van der Waals surface area contributed by atoms with Gasteiger partial charge >= 0.3 is 6.03 Å². The van der Waals surface area contributed by atoms with Crippen LogP contribution in [0.3, 0.4) is 0 Å². The summed E-state index contributed by atoms with van der Waals surface area (Å²) in [5.74, 6) is -1.80. The Hall–Kier alpha value is -6.90. The Balaban J connectivity index is 1.17. The summed E-state index contributed by atoms with van der Waals surface area (Å²) in [6, 6.07) is 47.8. The van der Waals surface area contributed by atoms with E-state index in [1.807, 2.05) is 184 Å². The van der Waals surface area contributed by atoms with Crippen LogP contribution in [0.15, 0.2) is 163 Å². The number of thiophene rings is 1. The topological polar surface area (TPSA) is 147 Å². The molecular weight excluding hydrogens is 851 g/mol. The van der Waals surface area contributed by atoms with Gasteiger partial charge in [0.25, 0.3) is 0 Å². The van der Waals surface area contributed by atoms with Gasteiger partial charge in [-0.25, -0.2) is 10.3 Å². The number of benzene rings is 6.